The number of hydrogen-bond acceptors (Lipinski definition) is 8. The number of rotatable bonds is 9. The van der Waals surface area contributed by atoms with Crippen molar-refractivity contribution < 1.29 is 23.5 Å². The molecule has 0 aliphatic heterocycles. The van der Waals surface area contributed by atoms with E-state index >= 15 is 0 Å². The number of carbonyl (C=O) groups is 2. The molecule has 10 heteroatoms. The fraction of sp³-hybridized carbons (Fsp3) is 0.514. The van der Waals surface area contributed by atoms with Crippen molar-refractivity contribution in [1.29, 1.82) is 5.26 Å². The molecule has 0 radical (unpaired) electrons. The third-order valence-electron chi connectivity index (χ3n) is 9.64. The lowest BCUT2D eigenvalue weighted by Gasteiger charge is -2.35. The van der Waals surface area contributed by atoms with Gasteiger partial charge in [-0.15, -0.1) is 0 Å². The van der Waals surface area contributed by atoms with E-state index in [0.717, 1.165) is 55.7 Å². The Kier molecular flexibility index (Phi) is 9.34. The van der Waals surface area contributed by atoms with Crippen LogP contribution in [0, 0.1) is 23.2 Å². The van der Waals surface area contributed by atoms with Crippen LogP contribution in [0.25, 0.3) is 11.3 Å². The summed E-state index contributed by atoms with van der Waals surface area (Å²) in [4.78, 5) is 37.2. The summed E-state index contributed by atoms with van der Waals surface area (Å²) in [5.74, 6) is 3.04. The summed E-state index contributed by atoms with van der Waals surface area (Å²) in [5, 5.41) is 12.1. The number of amides is 2. The minimum absolute atomic E-state index is 0.0767. The van der Waals surface area contributed by atoms with Gasteiger partial charge in [-0.1, -0.05) is 6.07 Å². The maximum Gasteiger partial charge on any atom is 0.407 e. The highest BCUT2D eigenvalue weighted by atomic mass is 16.6. The summed E-state index contributed by atoms with van der Waals surface area (Å²) in [7, 11) is 3.14. The van der Waals surface area contributed by atoms with E-state index in [-0.39, 0.29) is 17.9 Å². The molecule has 0 spiro atoms. The van der Waals surface area contributed by atoms with E-state index in [1.165, 1.54) is 5.56 Å². The summed E-state index contributed by atoms with van der Waals surface area (Å²) in [6.45, 7) is 0.592. The highest BCUT2D eigenvalue weighted by Crippen LogP contribution is 2.41. The first-order chi connectivity index (χ1) is 21.9. The molecule has 1 aromatic carbocycles. The van der Waals surface area contributed by atoms with Crippen LogP contribution < -0.4 is 15.0 Å². The van der Waals surface area contributed by atoms with E-state index in [1.807, 2.05) is 29.2 Å². The number of pyridine rings is 1. The number of nitrogens with one attached hydrogen (secondary N) is 1. The van der Waals surface area contributed by atoms with Gasteiger partial charge in [0, 0.05) is 37.2 Å². The largest absolute Gasteiger partial charge is 0.495 e. The minimum atomic E-state index is -0.431. The zero-order valence-electron chi connectivity index (χ0n) is 26.0. The topological polar surface area (TPSA) is 131 Å². The first kappa shape index (κ1) is 30.6. The Morgan fingerprint density at radius 1 is 1.02 bits per heavy atom. The zero-order valence-corrected chi connectivity index (χ0v) is 26.0. The number of methoxy groups -OCH3 is 1. The molecule has 0 bridgehead atoms. The van der Waals surface area contributed by atoms with Crippen LogP contribution in [0.1, 0.15) is 93.1 Å². The zero-order chi connectivity index (χ0) is 31.3. The Bertz CT molecular complexity index is 1540. The van der Waals surface area contributed by atoms with Crippen molar-refractivity contribution in [3.8, 4) is 23.1 Å². The van der Waals surface area contributed by atoms with Gasteiger partial charge in [0.1, 0.15) is 35.7 Å². The molecule has 2 amide bonds. The van der Waals surface area contributed by atoms with Gasteiger partial charge in [0.25, 0.3) is 0 Å². The number of oxazole rings is 1. The molecule has 3 aliphatic rings. The van der Waals surface area contributed by atoms with Crippen molar-refractivity contribution in [3.05, 3.63) is 59.8 Å². The molecule has 0 saturated heterocycles. The van der Waals surface area contributed by atoms with Crippen molar-refractivity contribution in [2.45, 2.75) is 82.1 Å². The number of nitriles is 1. The summed E-state index contributed by atoms with van der Waals surface area (Å²) < 4.78 is 16.6. The number of hydrogen-bond donors (Lipinski definition) is 1. The van der Waals surface area contributed by atoms with Crippen LogP contribution in [0.5, 0.6) is 5.75 Å². The van der Waals surface area contributed by atoms with Gasteiger partial charge < -0.3 is 19.2 Å². The van der Waals surface area contributed by atoms with E-state index in [2.05, 4.69) is 17.5 Å². The predicted octanol–water partition coefficient (Wildman–Crippen LogP) is 6.72. The van der Waals surface area contributed by atoms with Crippen molar-refractivity contribution in [3.63, 3.8) is 0 Å². The maximum atomic E-state index is 14.2. The van der Waals surface area contributed by atoms with Crippen molar-refractivity contribution >= 4 is 17.8 Å². The SMILES string of the molecule is CNC(=O)OC1CCC(C(=O)N(CC2CCC(c3ccc(OC)c(C#N)c3)CC2)c2cc(-c3coc(C4CC4)n3)ccn2)CC1. The molecule has 2 aromatic heterocycles. The standard InChI is InChI=1S/C35H41N5O5/c1-37-35(42)45-29-12-9-25(10-13-29)34(41)40(32-18-27(15-16-38-32)30-21-44-33(39-30)24-7-8-24)20-22-3-5-23(6-4-22)26-11-14-31(43-2)28(17-26)19-36/h11,14-18,21-25,29H,3-10,12-13,20H2,1-2H3,(H,37,42). The molecule has 45 heavy (non-hydrogen) atoms. The van der Waals surface area contributed by atoms with Gasteiger partial charge in [-0.2, -0.15) is 5.26 Å². The normalized spacial score (nSPS) is 23.0. The number of nitrogens with zero attached hydrogens (tertiary/aromatic N) is 4. The van der Waals surface area contributed by atoms with E-state index in [0.29, 0.717) is 67.1 Å². The molecule has 236 valence electrons. The van der Waals surface area contributed by atoms with Crippen LogP contribution in [0.3, 0.4) is 0 Å². The number of ether oxygens (including phenoxy) is 2. The number of anilines is 1. The number of alkyl carbamates (subject to hydrolysis) is 1. The number of carbonyl (C=O) groups excluding carboxylic acids is 2. The highest BCUT2D eigenvalue weighted by Gasteiger charge is 2.34. The lowest BCUT2D eigenvalue weighted by Crippen LogP contribution is -2.42. The van der Waals surface area contributed by atoms with Gasteiger partial charge in [0.15, 0.2) is 5.89 Å². The molecule has 3 aromatic rings. The molecule has 3 saturated carbocycles. The van der Waals surface area contributed by atoms with Gasteiger partial charge in [0.2, 0.25) is 5.91 Å². The van der Waals surface area contributed by atoms with Gasteiger partial charge in [-0.05, 0) is 106 Å². The smallest absolute Gasteiger partial charge is 0.407 e. The molecule has 0 atom stereocenters. The van der Waals surface area contributed by atoms with E-state index in [1.54, 1.807) is 26.6 Å². The van der Waals surface area contributed by atoms with Gasteiger partial charge in [-0.3, -0.25) is 9.69 Å². The summed E-state index contributed by atoms with van der Waals surface area (Å²) >= 11 is 0. The first-order valence-electron chi connectivity index (χ1n) is 16.1. The fourth-order valence-electron chi connectivity index (χ4n) is 6.82. The average Bonchev–Trinajstić information content (AvgIpc) is 3.82. The Morgan fingerprint density at radius 3 is 2.47 bits per heavy atom. The van der Waals surface area contributed by atoms with Crippen molar-refractivity contribution in [2.75, 3.05) is 25.6 Å². The summed E-state index contributed by atoms with van der Waals surface area (Å²) in [6, 6.07) is 12.0. The second kappa shape index (κ2) is 13.7. The fourth-order valence-corrected chi connectivity index (χ4v) is 6.82. The quantitative estimate of drug-likeness (QED) is 0.282. The van der Waals surface area contributed by atoms with E-state index in [4.69, 9.17) is 23.9 Å². The molecule has 6 rings (SSSR count). The monoisotopic (exact) mass is 611 g/mol. The molecular formula is C35H41N5O5. The Hall–Kier alpha value is -4.39. The third kappa shape index (κ3) is 7.14. The maximum absolute atomic E-state index is 14.2. The van der Waals surface area contributed by atoms with E-state index < -0.39 is 6.09 Å². The van der Waals surface area contributed by atoms with E-state index in [9.17, 15) is 14.9 Å². The third-order valence-corrected chi connectivity index (χ3v) is 9.64. The van der Waals surface area contributed by atoms with Crippen LogP contribution in [0.4, 0.5) is 10.6 Å². The van der Waals surface area contributed by atoms with Gasteiger partial charge >= 0.3 is 6.09 Å². The lowest BCUT2D eigenvalue weighted by atomic mass is 9.78. The van der Waals surface area contributed by atoms with Crippen LogP contribution in [-0.4, -0.2) is 48.8 Å². The van der Waals surface area contributed by atoms with Crippen LogP contribution >= 0.6 is 0 Å². The number of benzene rings is 1. The molecule has 1 N–H and O–H groups in total. The molecule has 3 aliphatic carbocycles. The lowest BCUT2D eigenvalue weighted by molar-refractivity contribution is -0.124. The molecular weight excluding hydrogens is 570 g/mol. The average molecular weight is 612 g/mol. The molecule has 10 nitrogen and oxygen atoms in total. The number of aromatic nitrogens is 2. The first-order valence-corrected chi connectivity index (χ1v) is 16.1. The minimum Gasteiger partial charge on any atom is -0.495 e. The molecule has 2 heterocycles. The van der Waals surface area contributed by atoms with Crippen molar-refractivity contribution in [1.82, 2.24) is 15.3 Å². The van der Waals surface area contributed by atoms with Crippen molar-refractivity contribution in [2.24, 2.45) is 11.8 Å². The Morgan fingerprint density at radius 2 is 1.78 bits per heavy atom. The second-order valence-corrected chi connectivity index (χ2v) is 12.6. The van der Waals surface area contributed by atoms with Crippen LogP contribution in [0.2, 0.25) is 0 Å². The van der Waals surface area contributed by atoms with Gasteiger partial charge in [0.05, 0.1) is 12.7 Å². The Labute approximate surface area is 264 Å². The Balaban J connectivity index is 1.18. The van der Waals surface area contributed by atoms with Crippen LogP contribution in [0.15, 0.2) is 47.2 Å². The summed E-state index contributed by atoms with van der Waals surface area (Å²) in [5.41, 5.74) is 3.37. The molecule has 0 unspecified atom stereocenters. The van der Waals surface area contributed by atoms with Gasteiger partial charge in [-0.25, -0.2) is 14.8 Å². The molecule has 3 fully saturated rings. The summed E-state index contributed by atoms with van der Waals surface area (Å²) in [6.07, 6.45) is 11.6. The van der Waals surface area contributed by atoms with Crippen LogP contribution in [-0.2, 0) is 9.53 Å². The highest BCUT2D eigenvalue weighted by molar-refractivity contribution is 5.94. The second-order valence-electron chi connectivity index (χ2n) is 12.6. The predicted molar refractivity (Wildman–Crippen MR) is 168 cm³/mol.